The average molecular weight is 426 g/mol. The van der Waals surface area contributed by atoms with Gasteiger partial charge < -0.3 is 9.64 Å². The molecular weight excluding hydrogens is 409 g/mol. The summed E-state index contributed by atoms with van der Waals surface area (Å²) >= 11 is 0. The molecule has 0 bridgehead atoms. The van der Waals surface area contributed by atoms with Crippen LogP contribution in [0, 0.1) is 0 Å². The van der Waals surface area contributed by atoms with Crippen molar-refractivity contribution in [3.8, 4) is 0 Å². The van der Waals surface area contributed by atoms with Gasteiger partial charge in [-0.1, -0.05) is 18.2 Å². The van der Waals surface area contributed by atoms with Crippen molar-refractivity contribution in [2.75, 3.05) is 36.1 Å². The lowest BCUT2D eigenvalue weighted by Gasteiger charge is -2.32. The smallest absolute Gasteiger partial charge is 0.378 e. The highest BCUT2D eigenvalue weighted by atomic mass is 19.4. The Hall–Kier alpha value is -3.39. The number of ether oxygens (including phenoxy) is 1. The molecule has 1 fully saturated rings. The molecule has 0 unspecified atom stereocenters. The topological polar surface area (TPSA) is 49.9 Å². The van der Waals surface area contributed by atoms with E-state index in [1.807, 2.05) is 12.1 Å². The van der Waals surface area contributed by atoms with Crippen molar-refractivity contribution in [3.05, 3.63) is 71.3 Å². The maximum absolute atomic E-state index is 13.3. The molecule has 31 heavy (non-hydrogen) atoms. The molecular formula is C23H17F3N2O3. The Kier molecular flexibility index (Phi) is 4.48. The van der Waals surface area contributed by atoms with E-state index in [4.69, 9.17) is 4.74 Å². The lowest BCUT2D eigenvalue weighted by Crippen LogP contribution is -2.41. The fourth-order valence-corrected chi connectivity index (χ4v) is 4.22. The number of amides is 2. The van der Waals surface area contributed by atoms with Crippen LogP contribution in [0.15, 0.2) is 54.6 Å². The minimum atomic E-state index is -4.58. The Balaban J connectivity index is 1.65. The molecule has 0 aliphatic carbocycles. The first-order valence-corrected chi connectivity index (χ1v) is 9.81. The average Bonchev–Trinajstić information content (AvgIpc) is 2.77. The number of alkyl halides is 3. The fourth-order valence-electron chi connectivity index (χ4n) is 4.22. The van der Waals surface area contributed by atoms with E-state index in [0.29, 0.717) is 42.8 Å². The van der Waals surface area contributed by atoms with Crippen molar-refractivity contribution in [2.24, 2.45) is 0 Å². The fraction of sp³-hybridized carbons (Fsp3) is 0.217. The SMILES string of the molecule is O=C1c2cccc3c(N4CCOCC4)ccc(c23)C(=O)N1c1cccc(C(F)(F)F)c1. The van der Waals surface area contributed by atoms with Crippen LogP contribution in [0.5, 0.6) is 0 Å². The number of imide groups is 1. The number of benzene rings is 3. The predicted octanol–water partition coefficient (Wildman–Crippen LogP) is 4.50. The summed E-state index contributed by atoms with van der Waals surface area (Å²) in [5.74, 6) is -1.27. The summed E-state index contributed by atoms with van der Waals surface area (Å²) in [4.78, 5) is 29.5. The van der Waals surface area contributed by atoms with Crippen LogP contribution in [-0.2, 0) is 10.9 Å². The Morgan fingerprint density at radius 3 is 2.23 bits per heavy atom. The lowest BCUT2D eigenvalue weighted by molar-refractivity contribution is -0.137. The van der Waals surface area contributed by atoms with Crippen LogP contribution in [0.2, 0.25) is 0 Å². The summed E-state index contributed by atoms with van der Waals surface area (Å²) in [5.41, 5.74) is 0.457. The zero-order chi connectivity index (χ0) is 21.8. The Labute approximate surface area is 175 Å². The lowest BCUT2D eigenvalue weighted by atomic mass is 9.92. The number of rotatable bonds is 2. The number of carbonyl (C=O) groups excluding carboxylic acids is 2. The molecule has 8 heteroatoms. The summed E-state index contributed by atoms with van der Waals surface area (Å²) in [7, 11) is 0. The first-order valence-electron chi connectivity index (χ1n) is 9.81. The number of anilines is 2. The highest BCUT2D eigenvalue weighted by Gasteiger charge is 2.37. The van der Waals surface area contributed by atoms with Crippen molar-refractivity contribution in [3.63, 3.8) is 0 Å². The van der Waals surface area contributed by atoms with Crippen molar-refractivity contribution in [1.29, 1.82) is 0 Å². The van der Waals surface area contributed by atoms with E-state index in [0.717, 1.165) is 28.1 Å². The molecule has 3 aromatic rings. The monoisotopic (exact) mass is 426 g/mol. The van der Waals surface area contributed by atoms with E-state index < -0.39 is 23.6 Å². The summed E-state index contributed by atoms with van der Waals surface area (Å²) in [5, 5.41) is 1.30. The van der Waals surface area contributed by atoms with E-state index >= 15 is 0 Å². The second-order valence-corrected chi connectivity index (χ2v) is 7.45. The van der Waals surface area contributed by atoms with Gasteiger partial charge in [0, 0.05) is 40.7 Å². The van der Waals surface area contributed by atoms with E-state index in [9.17, 15) is 22.8 Å². The molecule has 1 saturated heterocycles. The Morgan fingerprint density at radius 1 is 0.839 bits per heavy atom. The third-order valence-electron chi connectivity index (χ3n) is 5.67. The van der Waals surface area contributed by atoms with Gasteiger partial charge in [-0.05, 0) is 36.4 Å². The number of hydrogen-bond acceptors (Lipinski definition) is 4. The number of carbonyl (C=O) groups is 2. The highest BCUT2D eigenvalue weighted by Crippen LogP contribution is 2.39. The second-order valence-electron chi connectivity index (χ2n) is 7.45. The zero-order valence-corrected chi connectivity index (χ0v) is 16.3. The number of hydrogen-bond donors (Lipinski definition) is 0. The van der Waals surface area contributed by atoms with Crippen LogP contribution < -0.4 is 9.80 Å². The van der Waals surface area contributed by atoms with Crippen LogP contribution in [-0.4, -0.2) is 38.1 Å². The van der Waals surface area contributed by atoms with Crippen LogP contribution in [0.1, 0.15) is 26.3 Å². The van der Waals surface area contributed by atoms with Gasteiger partial charge in [0.05, 0.1) is 24.5 Å². The van der Waals surface area contributed by atoms with E-state index in [1.165, 1.54) is 12.1 Å². The Bertz CT molecular complexity index is 1190. The molecule has 2 aliphatic heterocycles. The first-order chi connectivity index (χ1) is 14.9. The predicted molar refractivity (Wildman–Crippen MR) is 110 cm³/mol. The molecule has 5 nitrogen and oxygen atoms in total. The van der Waals surface area contributed by atoms with Crippen molar-refractivity contribution in [2.45, 2.75) is 6.18 Å². The molecule has 0 radical (unpaired) electrons. The van der Waals surface area contributed by atoms with E-state index in [1.54, 1.807) is 18.2 Å². The van der Waals surface area contributed by atoms with Crippen LogP contribution >= 0.6 is 0 Å². The molecule has 2 heterocycles. The maximum atomic E-state index is 13.3. The summed E-state index contributed by atoms with van der Waals surface area (Å²) in [6.07, 6.45) is -4.58. The standard InChI is InChI=1S/C23H17F3N2O3/c24-23(25,26)14-3-1-4-15(13-14)28-21(29)17-6-2-5-16-19(27-9-11-31-12-10-27)8-7-18(20(16)17)22(28)30/h1-8,13H,9-12H2. The third kappa shape index (κ3) is 3.14. The van der Waals surface area contributed by atoms with E-state index in [2.05, 4.69) is 4.90 Å². The number of nitrogens with zero attached hydrogens (tertiary/aromatic N) is 2. The first kappa shape index (κ1) is 19.6. The van der Waals surface area contributed by atoms with Crippen LogP contribution in [0.3, 0.4) is 0 Å². The summed E-state index contributed by atoms with van der Waals surface area (Å²) in [6.45, 7) is 2.56. The number of halogens is 3. The van der Waals surface area contributed by atoms with E-state index in [-0.39, 0.29) is 5.69 Å². The molecule has 2 amide bonds. The molecule has 158 valence electrons. The molecule has 0 atom stereocenters. The molecule has 0 spiro atoms. The quantitative estimate of drug-likeness (QED) is 0.567. The largest absolute Gasteiger partial charge is 0.416 e. The minimum Gasteiger partial charge on any atom is -0.378 e. The minimum absolute atomic E-state index is 0.107. The van der Waals surface area contributed by atoms with Gasteiger partial charge in [-0.25, -0.2) is 4.90 Å². The third-order valence-corrected chi connectivity index (χ3v) is 5.67. The van der Waals surface area contributed by atoms with Gasteiger partial charge in [-0.2, -0.15) is 13.2 Å². The van der Waals surface area contributed by atoms with Crippen molar-refractivity contribution >= 4 is 34.0 Å². The van der Waals surface area contributed by atoms with Crippen LogP contribution in [0.25, 0.3) is 10.8 Å². The second kappa shape index (κ2) is 7.09. The van der Waals surface area contributed by atoms with Crippen LogP contribution in [0.4, 0.5) is 24.5 Å². The van der Waals surface area contributed by atoms with Gasteiger partial charge in [0.2, 0.25) is 0 Å². The molecule has 0 aromatic heterocycles. The summed E-state index contributed by atoms with van der Waals surface area (Å²) < 4.78 is 44.9. The highest BCUT2D eigenvalue weighted by molar-refractivity contribution is 6.36. The van der Waals surface area contributed by atoms with Gasteiger partial charge in [-0.3, -0.25) is 9.59 Å². The van der Waals surface area contributed by atoms with Gasteiger partial charge >= 0.3 is 6.18 Å². The molecule has 2 aliphatic rings. The molecule has 0 saturated carbocycles. The molecule has 3 aromatic carbocycles. The van der Waals surface area contributed by atoms with Gasteiger partial charge in [-0.15, -0.1) is 0 Å². The maximum Gasteiger partial charge on any atom is 0.416 e. The Morgan fingerprint density at radius 2 is 1.52 bits per heavy atom. The summed E-state index contributed by atoms with van der Waals surface area (Å²) in [6, 6.07) is 12.9. The van der Waals surface area contributed by atoms with Crippen molar-refractivity contribution in [1.82, 2.24) is 0 Å². The normalized spacial score (nSPS) is 16.9. The zero-order valence-electron chi connectivity index (χ0n) is 16.3. The molecule has 0 N–H and O–H groups in total. The van der Waals surface area contributed by atoms with Gasteiger partial charge in [0.15, 0.2) is 0 Å². The number of morpholine rings is 1. The van der Waals surface area contributed by atoms with Gasteiger partial charge in [0.1, 0.15) is 0 Å². The molecule has 5 rings (SSSR count). The van der Waals surface area contributed by atoms with Gasteiger partial charge in [0.25, 0.3) is 11.8 Å². The van der Waals surface area contributed by atoms with Crippen molar-refractivity contribution < 1.29 is 27.5 Å².